The summed E-state index contributed by atoms with van der Waals surface area (Å²) in [6.07, 6.45) is 5.31. The molecule has 2 heterocycles. The number of furan rings is 1. The molecule has 1 amide bonds. The minimum absolute atomic E-state index is 0.0570. The lowest BCUT2D eigenvalue weighted by atomic mass is 10.2. The van der Waals surface area contributed by atoms with E-state index in [9.17, 15) is 4.79 Å². The van der Waals surface area contributed by atoms with Gasteiger partial charge in [0, 0.05) is 24.3 Å². The molecule has 1 saturated heterocycles. The second-order valence-electron chi connectivity index (χ2n) is 7.10. The quantitative estimate of drug-likeness (QED) is 0.646. The van der Waals surface area contributed by atoms with E-state index in [1.165, 1.54) is 17.7 Å². The Hall–Kier alpha value is -1.98. The van der Waals surface area contributed by atoms with Crippen molar-refractivity contribution >= 4 is 17.5 Å². The number of quaternary nitrogens is 1. The number of amides is 1. The number of likely N-dealkylation sites (tertiary alicyclic amines) is 1. The van der Waals surface area contributed by atoms with E-state index in [0.717, 1.165) is 30.2 Å². The predicted octanol–water partition coefficient (Wildman–Crippen LogP) is 2.94. The highest BCUT2D eigenvalue weighted by atomic mass is 35.5. The van der Waals surface area contributed by atoms with Crippen LogP contribution in [-0.4, -0.2) is 32.1 Å². The second-order valence-corrected chi connectivity index (χ2v) is 7.54. The van der Waals surface area contributed by atoms with Crippen LogP contribution in [0.25, 0.3) is 0 Å². The van der Waals surface area contributed by atoms with Crippen LogP contribution in [0.5, 0.6) is 5.75 Å². The van der Waals surface area contributed by atoms with Gasteiger partial charge in [-0.25, -0.2) is 0 Å². The highest BCUT2D eigenvalue weighted by molar-refractivity contribution is 6.30. The topological polar surface area (TPSA) is 55.9 Å². The maximum atomic E-state index is 12.2. The Balaban J connectivity index is 1.40. The van der Waals surface area contributed by atoms with Crippen molar-refractivity contribution in [2.24, 2.45) is 0 Å². The van der Waals surface area contributed by atoms with Crippen LogP contribution in [0, 0.1) is 6.92 Å². The van der Waals surface area contributed by atoms with Crippen LogP contribution >= 0.6 is 11.6 Å². The fourth-order valence-electron chi connectivity index (χ4n) is 3.61. The van der Waals surface area contributed by atoms with Crippen LogP contribution < -0.4 is 15.0 Å². The number of rotatable bonds is 9. The zero-order chi connectivity index (χ0) is 19.1. The Kier molecular flexibility index (Phi) is 7.18. The molecule has 0 aliphatic carbocycles. The van der Waals surface area contributed by atoms with Gasteiger partial charge in [-0.15, -0.1) is 0 Å². The molecule has 1 aliphatic heterocycles. The molecule has 6 heteroatoms. The molecule has 0 saturated carbocycles. The number of aryl methyl sites for hydroxylation is 1. The Bertz CT molecular complexity index is 727. The van der Waals surface area contributed by atoms with Gasteiger partial charge in [-0.3, -0.25) is 4.79 Å². The first-order valence-corrected chi connectivity index (χ1v) is 10.0. The third kappa shape index (κ3) is 5.75. The SMILES string of the molecule is Cc1cc(Cl)ccc1OCCCC(=O)NC[C@@H](c1ccco1)[NH+]1CCCC1. The van der Waals surface area contributed by atoms with Gasteiger partial charge in [-0.05, 0) is 49.2 Å². The van der Waals surface area contributed by atoms with E-state index < -0.39 is 0 Å². The zero-order valence-electron chi connectivity index (χ0n) is 15.8. The molecule has 146 valence electrons. The van der Waals surface area contributed by atoms with E-state index in [-0.39, 0.29) is 11.9 Å². The van der Waals surface area contributed by atoms with Gasteiger partial charge in [0.05, 0.1) is 32.5 Å². The summed E-state index contributed by atoms with van der Waals surface area (Å²) in [5.74, 6) is 1.82. The summed E-state index contributed by atoms with van der Waals surface area (Å²) in [5, 5.41) is 3.77. The summed E-state index contributed by atoms with van der Waals surface area (Å²) < 4.78 is 11.4. The summed E-state index contributed by atoms with van der Waals surface area (Å²) in [7, 11) is 0. The van der Waals surface area contributed by atoms with Gasteiger partial charge in [0.25, 0.3) is 0 Å². The molecular formula is C21H28ClN2O3+. The van der Waals surface area contributed by atoms with Gasteiger partial charge < -0.3 is 19.4 Å². The lowest BCUT2D eigenvalue weighted by Crippen LogP contribution is -3.11. The summed E-state index contributed by atoms with van der Waals surface area (Å²) in [6, 6.07) is 9.66. The Morgan fingerprint density at radius 2 is 2.15 bits per heavy atom. The molecule has 5 nitrogen and oxygen atoms in total. The van der Waals surface area contributed by atoms with E-state index in [1.54, 1.807) is 6.26 Å². The molecule has 1 fully saturated rings. The molecule has 3 rings (SSSR count). The number of hydrogen-bond donors (Lipinski definition) is 2. The average molecular weight is 392 g/mol. The van der Waals surface area contributed by atoms with E-state index in [2.05, 4.69) is 5.32 Å². The lowest BCUT2D eigenvalue weighted by molar-refractivity contribution is -0.919. The van der Waals surface area contributed by atoms with Crippen molar-refractivity contribution < 1.29 is 18.8 Å². The maximum Gasteiger partial charge on any atom is 0.220 e. The molecule has 2 N–H and O–H groups in total. The number of hydrogen-bond acceptors (Lipinski definition) is 3. The summed E-state index contributed by atoms with van der Waals surface area (Å²) in [4.78, 5) is 13.7. The molecule has 1 atom stereocenters. The Labute approximate surface area is 165 Å². The lowest BCUT2D eigenvalue weighted by Gasteiger charge is -2.23. The maximum absolute atomic E-state index is 12.2. The van der Waals surface area contributed by atoms with Crippen molar-refractivity contribution in [2.75, 3.05) is 26.2 Å². The molecular weight excluding hydrogens is 364 g/mol. The standard InChI is InChI=1S/C21H27ClN2O3/c1-16-14-17(22)8-9-19(16)26-13-5-7-21(25)23-15-18(20-6-4-12-27-20)24-10-2-3-11-24/h4,6,8-9,12,14,18H,2-3,5,7,10-11,13,15H2,1H3,(H,23,25)/p+1/t18-/m0/s1. The minimum atomic E-state index is 0.0570. The molecule has 2 aromatic rings. The van der Waals surface area contributed by atoms with Crippen molar-refractivity contribution in [3.05, 3.63) is 52.9 Å². The molecule has 27 heavy (non-hydrogen) atoms. The molecule has 1 aromatic carbocycles. The molecule has 1 aliphatic rings. The van der Waals surface area contributed by atoms with Crippen LogP contribution in [0.4, 0.5) is 0 Å². The smallest absolute Gasteiger partial charge is 0.220 e. The van der Waals surface area contributed by atoms with Gasteiger partial charge in [-0.2, -0.15) is 0 Å². The number of carbonyl (C=O) groups excluding carboxylic acids is 1. The van der Waals surface area contributed by atoms with Gasteiger partial charge in [-0.1, -0.05) is 11.6 Å². The Morgan fingerprint density at radius 1 is 1.33 bits per heavy atom. The summed E-state index contributed by atoms with van der Waals surface area (Å²) in [6.45, 7) is 5.35. The fourth-order valence-corrected chi connectivity index (χ4v) is 3.83. The predicted molar refractivity (Wildman–Crippen MR) is 105 cm³/mol. The van der Waals surface area contributed by atoms with E-state index >= 15 is 0 Å². The highest BCUT2D eigenvalue weighted by Crippen LogP contribution is 2.21. The normalized spacial score (nSPS) is 15.6. The number of benzene rings is 1. The van der Waals surface area contributed by atoms with Crippen molar-refractivity contribution in [1.82, 2.24) is 5.32 Å². The highest BCUT2D eigenvalue weighted by Gasteiger charge is 2.29. The van der Waals surface area contributed by atoms with E-state index in [1.807, 2.05) is 37.3 Å². The van der Waals surface area contributed by atoms with Crippen molar-refractivity contribution in [3.63, 3.8) is 0 Å². The van der Waals surface area contributed by atoms with Crippen LogP contribution in [0.15, 0.2) is 41.0 Å². The zero-order valence-corrected chi connectivity index (χ0v) is 16.6. The summed E-state index contributed by atoms with van der Waals surface area (Å²) >= 11 is 5.95. The molecule has 0 unspecified atom stereocenters. The van der Waals surface area contributed by atoms with Gasteiger partial charge in [0.1, 0.15) is 5.75 Å². The molecule has 0 radical (unpaired) electrons. The van der Waals surface area contributed by atoms with Crippen LogP contribution in [0.1, 0.15) is 43.0 Å². The van der Waals surface area contributed by atoms with Gasteiger partial charge >= 0.3 is 0 Å². The first-order chi connectivity index (χ1) is 13.1. The van der Waals surface area contributed by atoms with Crippen molar-refractivity contribution in [2.45, 2.75) is 38.6 Å². The Morgan fingerprint density at radius 3 is 2.85 bits per heavy atom. The van der Waals surface area contributed by atoms with Gasteiger partial charge in [0.2, 0.25) is 5.91 Å². The third-order valence-corrected chi connectivity index (χ3v) is 5.31. The number of ether oxygens (including phenoxy) is 1. The monoisotopic (exact) mass is 391 g/mol. The molecule has 0 bridgehead atoms. The third-order valence-electron chi connectivity index (χ3n) is 5.07. The van der Waals surface area contributed by atoms with Crippen molar-refractivity contribution in [3.8, 4) is 5.75 Å². The van der Waals surface area contributed by atoms with Crippen LogP contribution in [-0.2, 0) is 4.79 Å². The summed E-state index contributed by atoms with van der Waals surface area (Å²) in [5.41, 5.74) is 1.00. The minimum Gasteiger partial charge on any atom is -0.493 e. The van der Waals surface area contributed by atoms with Crippen LogP contribution in [0.2, 0.25) is 5.02 Å². The molecule has 1 aromatic heterocycles. The first kappa shape index (κ1) is 19.8. The first-order valence-electron chi connectivity index (χ1n) is 9.67. The van der Waals surface area contributed by atoms with Crippen LogP contribution in [0.3, 0.4) is 0 Å². The number of nitrogens with one attached hydrogen (secondary N) is 2. The second kappa shape index (κ2) is 9.81. The van der Waals surface area contributed by atoms with E-state index in [4.69, 9.17) is 20.8 Å². The van der Waals surface area contributed by atoms with Crippen molar-refractivity contribution in [1.29, 1.82) is 0 Å². The largest absolute Gasteiger partial charge is 0.493 e. The number of halogens is 1. The van der Waals surface area contributed by atoms with Gasteiger partial charge in [0.15, 0.2) is 11.8 Å². The number of carbonyl (C=O) groups is 1. The average Bonchev–Trinajstić information content (AvgIpc) is 3.35. The fraction of sp³-hybridized carbons (Fsp3) is 0.476. The molecule has 0 spiro atoms. The van der Waals surface area contributed by atoms with E-state index in [0.29, 0.717) is 31.0 Å².